The molecule has 24 heavy (non-hydrogen) atoms. The maximum Gasteiger partial charge on any atom is 0.254 e. The van der Waals surface area contributed by atoms with Gasteiger partial charge in [-0.3, -0.25) is 9.78 Å². The zero-order chi connectivity index (χ0) is 16.8. The van der Waals surface area contributed by atoms with Crippen LogP contribution in [0.15, 0.2) is 22.7 Å². The summed E-state index contributed by atoms with van der Waals surface area (Å²) in [6.07, 6.45) is 4.34. The van der Waals surface area contributed by atoms with Gasteiger partial charge in [0.2, 0.25) is 0 Å². The molecule has 4 rings (SSSR count). The van der Waals surface area contributed by atoms with Gasteiger partial charge in [-0.25, -0.2) is 0 Å². The summed E-state index contributed by atoms with van der Waals surface area (Å²) in [5.74, 6) is 0.628. The van der Waals surface area contributed by atoms with Crippen molar-refractivity contribution in [2.24, 2.45) is 5.73 Å². The highest BCUT2D eigenvalue weighted by Crippen LogP contribution is 2.42. The number of rotatable bonds is 2. The molecule has 1 aromatic carbocycles. The molecule has 1 atom stereocenters. The van der Waals surface area contributed by atoms with E-state index in [2.05, 4.69) is 22.9 Å². The van der Waals surface area contributed by atoms with Crippen LogP contribution in [-0.2, 0) is 0 Å². The SMILES string of the molecule is Cc1c(C2CC2)nc2ccc(Br)cc2c1C(=O)N1CCCC(N)C1. The van der Waals surface area contributed by atoms with Gasteiger partial charge in [-0.1, -0.05) is 15.9 Å². The second kappa shape index (κ2) is 6.12. The summed E-state index contributed by atoms with van der Waals surface area (Å²) in [4.78, 5) is 20.1. The van der Waals surface area contributed by atoms with Crippen LogP contribution >= 0.6 is 15.9 Å². The number of fused-ring (bicyclic) bond motifs is 1. The predicted octanol–water partition coefficient (Wildman–Crippen LogP) is 3.75. The third kappa shape index (κ3) is 2.84. The van der Waals surface area contributed by atoms with Crippen LogP contribution in [-0.4, -0.2) is 34.9 Å². The number of benzene rings is 1. The van der Waals surface area contributed by atoms with Crippen LogP contribution < -0.4 is 5.73 Å². The van der Waals surface area contributed by atoms with Crippen LogP contribution in [0.4, 0.5) is 0 Å². The Bertz CT molecular complexity index is 816. The van der Waals surface area contributed by atoms with Crippen LogP contribution in [0.3, 0.4) is 0 Å². The molecule has 126 valence electrons. The van der Waals surface area contributed by atoms with E-state index in [-0.39, 0.29) is 11.9 Å². The second-order valence-electron chi connectivity index (χ2n) is 7.09. The van der Waals surface area contributed by atoms with Crippen LogP contribution in [0.25, 0.3) is 10.9 Å². The first kappa shape index (κ1) is 16.0. The third-order valence-electron chi connectivity index (χ3n) is 5.15. The van der Waals surface area contributed by atoms with Gasteiger partial charge in [-0.2, -0.15) is 0 Å². The lowest BCUT2D eigenvalue weighted by Gasteiger charge is -2.31. The van der Waals surface area contributed by atoms with E-state index in [1.54, 1.807) is 0 Å². The number of carbonyl (C=O) groups excluding carboxylic acids is 1. The van der Waals surface area contributed by atoms with Crippen LogP contribution in [0.2, 0.25) is 0 Å². The van der Waals surface area contributed by atoms with Gasteiger partial charge in [0.25, 0.3) is 5.91 Å². The summed E-state index contributed by atoms with van der Waals surface area (Å²) in [5.41, 5.74) is 9.97. The van der Waals surface area contributed by atoms with Crippen molar-refractivity contribution in [2.45, 2.75) is 44.6 Å². The van der Waals surface area contributed by atoms with E-state index >= 15 is 0 Å². The molecule has 1 amide bonds. The molecular weight excluding hydrogens is 366 g/mol. The molecule has 2 aliphatic rings. The number of hydrogen-bond donors (Lipinski definition) is 1. The fourth-order valence-electron chi connectivity index (χ4n) is 3.73. The van der Waals surface area contributed by atoms with Gasteiger partial charge in [-0.05, 0) is 56.4 Å². The van der Waals surface area contributed by atoms with Gasteiger partial charge in [0.05, 0.1) is 11.1 Å². The van der Waals surface area contributed by atoms with Gasteiger partial charge < -0.3 is 10.6 Å². The van der Waals surface area contributed by atoms with Crippen LogP contribution in [0.1, 0.15) is 53.2 Å². The number of likely N-dealkylation sites (tertiary alicyclic amines) is 1. The molecule has 5 heteroatoms. The van der Waals surface area contributed by atoms with Gasteiger partial charge in [-0.15, -0.1) is 0 Å². The Labute approximate surface area is 150 Å². The van der Waals surface area contributed by atoms with Crippen molar-refractivity contribution in [3.8, 4) is 0 Å². The van der Waals surface area contributed by atoms with Gasteiger partial charge in [0.15, 0.2) is 0 Å². The fraction of sp³-hybridized carbons (Fsp3) is 0.474. The minimum absolute atomic E-state index is 0.0887. The quantitative estimate of drug-likeness (QED) is 0.853. The normalized spacial score (nSPS) is 21.3. The predicted molar refractivity (Wildman–Crippen MR) is 99.3 cm³/mol. The van der Waals surface area contributed by atoms with E-state index in [1.807, 2.05) is 23.1 Å². The van der Waals surface area contributed by atoms with Crippen LogP contribution in [0, 0.1) is 6.92 Å². The molecule has 2 N–H and O–H groups in total. The number of aromatic nitrogens is 1. The molecule has 1 saturated heterocycles. The number of nitrogens with zero attached hydrogens (tertiary/aromatic N) is 2. The topological polar surface area (TPSA) is 59.2 Å². The summed E-state index contributed by atoms with van der Waals surface area (Å²) in [7, 11) is 0. The average molecular weight is 388 g/mol. The van der Waals surface area contributed by atoms with Crippen LogP contribution in [0.5, 0.6) is 0 Å². The molecule has 0 bridgehead atoms. The van der Waals surface area contributed by atoms with Crippen molar-refractivity contribution in [3.05, 3.63) is 39.5 Å². The Morgan fingerprint density at radius 2 is 2.12 bits per heavy atom. The van der Waals surface area contributed by atoms with E-state index in [9.17, 15) is 4.79 Å². The highest BCUT2D eigenvalue weighted by molar-refractivity contribution is 9.10. The number of carbonyl (C=O) groups is 1. The Kier molecular flexibility index (Phi) is 4.09. The Balaban J connectivity index is 1.86. The van der Waals surface area contributed by atoms with Crippen molar-refractivity contribution >= 4 is 32.7 Å². The molecule has 1 aromatic heterocycles. The molecule has 2 heterocycles. The Morgan fingerprint density at radius 3 is 2.83 bits per heavy atom. The molecule has 4 nitrogen and oxygen atoms in total. The lowest BCUT2D eigenvalue weighted by Crippen LogP contribution is -2.46. The summed E-state index contributed by atoms with van der Waals surface area (Å²) in [6.45, 7) is 3.50. The average Bonchev–Trinajstić information content (AvgIpc) is 3.38. The third-order valence-corrected chi connectivity index (χ3v) is 5.64. The number of nitrogens with two attached hydrogens (primary N) is 1. The Morgan fingerprint density at radius 1 is 1.33 bits per heavy atom. The number of pyridine rings is 1. The molecule has 1 aliphatic heterocycles. The molecule has 0 spiro atoms. The van der Waals surface area contributed by atoms with E-state index in [0.29, 0.717) is 12.5 Å². The Hall–Kier alpha value is -1.46. The monoisotopic (exact) mass is 387 g/mol. The first-order valence-electron chi connectivity index (χ1n) is 8.69. The standard InChI is InChI=1S/C19H22BrN3O/c1-11-17(19(24)23-8-2-3-14(21)10-23)15-9-13(20)6-7-16(15)22-18(11)12-4-5-12/h6-7,9,12,14H,2-5,8,10,21H2,1H3. The zero-order valence-corrected chi connectivity index (χ0v) is 15.5. The largest absolute Gasteiger partial charge is 0.337 e. The summed E-state index contributed by atoms with van der Waals surface area (Å²) in [6, 6.07) is 6.10. The maximum absolute atomic E-state index is 13.3. The van der Waals surface area contributed by atoms with Crippen molar-refractivity contribution in [1.82, 2.24) is 9.88 Å². The molecule has 1 unspecified atom stereocenters. The fourth-order valence-corrected chi connectivity index (χ4v) is 4.09. The second-order valence-corrected chi connectivity index (χ2v) is 8.00. The number of hydrogen-bond acceptors (Lipinski definition) is 3. The zero-order valence-electron chi connectivity index (χ0n) is 13.9. The summed E-state index contributed by atoms with van der Waals surface area (Å²) in [5, 5.41) is 0.940. The molecule has 1 saturated carbocycles. The molecule has 2 fully saturated rings. The van der Waals surface area contributed by atoms with E-state index in [4.69, 9.17) is 10.7 Å². The minimum Gasteiger partial charge on any atom is -0.337 e. The van der Waals surface area contributed by atoms with Gasteiger partial charge in [0.1, 0.15) is 0 Å². The number of amides is 1. The molecule has 0 radical (unpaired) electrons. The van der Waals surface area contributed by atoms with E-state index in [0.717, 1.165) is 51.6 Å². The number of halogens is 1. The summed E-state index contributed by atoms with van der Waals surface area (Å²) < 4.78 is 0.972. The molecule has 2 aromatic rings. The molecular formula is C19H22BrN3O. The van der Waals surface area contributed by atoms with E-state index in [1.165, 1.54) is 12.8 Å². The first-order valence-corrected chi connectivity index (χ1v) is 9.48. The number of piperidine rings is 1. The highest BCUT2D eigenvalue weighted by atomic mass is 79.9. The highest BCUT2D eigenvalue weighted by Gasteiger charge is 2.32. The summed E-state index contributed by atoms with van der Waals surface area (Å²) >= 11 is 3.53. The lowest BCUT2D eigenvalue weighted by atomic mass is 9.97. The molecule has 1 aliphatic carbocycles. The van der Waals surface area contributed by atoms with E-state index < -0.39 is 0 Å². The lowest BCUT2D eigenvalue weighted by molar-refractivity contribution is 0.0710. The van der Waals surface area contributed by atoms with Crippen molar-refractivity contribution < 1.29 is 4.79 Å². The maximum atomic E-state index is 13.3. The minimum atomic E-state index is 0.0887. The smallest absolute Gasteiger partial charge is 0.254 e. The van der Waals surface area contributed by atoms with Crippen molar-refractivity contribution in [3.63, 3.8) is 0 Å². The van der Waals surface area contributed by atoms with Crippen molar-refractivity contribution in [2.75, 3.05) is 13.1 Å². The van der Waals surface area contributed by atoms with Gasteiger partial charge >= 0.3 is 0 Å². The first-order chi connectivity index (χ1) is 11.5. The van der Waals surface area contributed by atoms with Crippen molar-refractivity contribution in [1.29, 1.82) is 0 Å². The van der Waals surface area contributed by atoms with Gasteiger partial charge in [0, 0.05) is 40.6 Å².